The van der Waals surface area contributed by atoms with E-state index in [0.717, 1.165) is 34.1 Å². The van der Waals surface area contributed by atoms with E-state index in [0.29, 0.717) is 32.8 Å². The maximum atomic E-state index is 13.7. The number of para-hydroxylation sites is 3. The van der Waals surface area contributed by atoms with Crippen molar-refractivity contribution in [1.29, 1.82) is 0 Å². The summed E-state index contributed by atoms with van der Waals surface area (Å²) in [7, 11) is 1.55. The highest BCUT2D eigenvalue weighted by atomic mass is 32.2. The van der Waals surface area contributed by atoms with Gasteiger partial charge >= 0.3 is 0 Å². The number of carbonyl (C=O) groups is 2. The highest BCUT2D eigenvalue weighted by Gasteiger charge is 2.43. The third kappa shape index (κ3) is 3.63. The van der Waals surface area contributed by atoms with Crippen molar-refractivity contribution < 1.29 is 14.3 Å². The molecule has 5 rings (SSSR count). The number of nitrogens with zero attached hydrogens (tertiary/aromatic N) is 2. The van der Waals surface area contributed by atoms with Crippen molar-refractivity contribution in [2.24, 2.45) is 0 Å². The molecule has 164 valence electrons. The Morgan fingerprint density at radius 2 is 1.55 bits per heavy atom. The first kappa shape index (κ1) is 21.4. The number of aryl methyl sites for hydroxylation is 1. The molecule has 1 saturated heterocycles. The summed E-state index contributed by atoms with van der Waals surface area (Å²) in [4.78, 5) is 30.7. The lowest BCUT2D eigenvalue weighted by atomic mass is 10.1. The summed E-state index contributed by atoms with van der Waals surface area (Å²) >= 11 is 6.71. The number of ether oxygens (including phenoxy) is 1. The number of amides is 2. The van der Waals surface area contributed by atoms with Gasteiger partial charge < -0.3 is 9.64 Å². The van der Waals surface area contributed by atoms with Crippen LogP contribution in [0.15, 0.2) is 77.7 Å². The van der Waals surface area contributed by atoms with Crippen molar-refractivity contribution in [3.05, 3.63) is 94.4 Å². The second kappa shape index (κ2) is 8.50. The molecule has 0 atom stereocenters. The zero-order valence-corrected chi connectivity index (χ0v) is 19.7. The van der Waals surface area contributed by atoms with Gasteiger partial charge in [-0.25, -0.2) is 0 Å². The topological polar surface area (TPSA) is 49.9 Å². The average Bonchev–Trinajstić information content (AvgIpc) is 3.27. The Bertz CT molecular complexity index is 1330. The number of hydrogen-bond acceptors (Lipinski definition) is 5. The SMILES string of the molecule is COc1ccccc1N1C(=O)/C(=C2/C(=O)N(Cc3ccc(C)cc3)c3ccccc32)SC1=S. The Morgan fingerprint density at radius 3 is 2.27 bits per heavy atom. The summed E-state index contributed by atoms with van der Waals surface area (Å²) in [5.41, 5.74) is 4.68. The zero-order valence-electron chi connectivity index (χ0n) is 18.1. The standard InChI is InChI=1S/C26H20N2O3S2/c1-16-11-13-17(14-12-16)15-27-19-8-4-3-7-18(19)22(24(27)29)23-25(30)28(26(32)33-23)20-9-5-6-10-21(20)31-2/h3-14H,15H2,1-2H3/b23-22-. The lowest BCUT2D eigenvalue weighted by Crippen LogP contribution is -2.29. The van der Waals surface area contributed by atoms with Crippen LogP contribution in [0.4, 0.5) is 11.4 Å². The molecule has 0 spiro atoms. The minimum Gasteiger partial charge on any atom is -0.495 e. The molecule has 0 bridgehead atoms. The molecule has 33 heavy (non-hydrogen) atoms. The van der Waals surface area contributed by atoms with Crippen molar-refractivity contribution >= 4 is 57.1 Å². The summed E-state index contributed by atoms with van der Waals surface area (Å²) in [5.74, 6) is 0.0290. The Hall–Kier alpha value is -3.42. The maximum Gasteiger partial charge on any atom is 0.271 e. The molecule has 7 heteroatoms. The van der Waals surface area contributed by atoms with Gasteiger partial charge in [-0.2, -0.15) is 0 Å². The Labute approximate surface area is 201 Å². The van der Waals surface area contributed by atoms with Crippen molar-refractivity contribution in [3.8, 4) is 5.75 Å². The third-order valence-corrected chi connectivity index (χ3v) is 7.08. The average molecular weight is 473 g/mol. The van der Waals surface area contributed by atoms with Gasteiger partial charge in [0.25, 0.3) is 11.8 Å². The molecule has 2 amide bonds. The molecule has 2 aliphatic rings. The highest BCUT2D eigenvalue weighted by Crippen LogP contribution is 2.47. The van der Waals surface area contributed by atoms with Gasteiger partial charge in [0.15, 0.2) is 4.32 Å². The summed E-state index contributed by atoms with van der Waals surface area (Å²) in [5, 5.41) is 0. The van der Waals surface area contributed by atoms with Crippen LogP contribution in [0.3, 0.4) is 0 Å². The molecule has 0 N–H and O–H groups in total. The van der Waals surface area contributed by atoms with Crippen LogP contribution >= 0.6 is 24.0 Å². The fourth-order valence-corrected chi connectivity index (χ4v) is 5.43. The number of rotatable bonds is 4. The molecule has 0 aliphatic carbocycles. The first-order valence-corrected chi connectivity index (χ1v) is 11.6. The van der Waals surface area contributed by atoms with Crippen LogP contribution in [-0.2, 0) is 16.1 Å². The molecule has 3 aromatic carbocycles. The predicted octanol–water partition coefficient (Wildman–Crippen LogP) is 5.33. The van der Waals surface area contributed by atoms with Crippen molar-refractivity contribution in [1.82, 2.24) is 0 Å². The number of methoxy groups -OCH3 is 1. The molecule has 2 aliphatic heterocycles. The Balaban J connectivity index is 1.58. The van der Waals surface area contributed by atoms with Gasteiger partial charge in [-0.15, -0.1) is 0 Å². The van der Waals surface area contributed by atoms with Gasteiger partial charge in [0.2, 0.25) is 0 Å². The van der Waals surface area contributed by atoms with Gasteiger partial charge in [0, 0.05) is 5.56 Å². The van der Waals surface area contributed by atoms with E-state index in [1.54, 1.807) is 24.1 Å². The van der Waals surface area contributed by atoms with E-state index in [2.05, 4.69) is 0 Å². The van der Waals surface area contributed by atoms with E-state index in [1.807, 2.05) is 67.6 Å². The third-order valence-electron chi connectivity index (χ3n) is 5.71. The van der Waals surface area contributed by atoms with Gasteiger partial charge in [-0.05, 0) is 30.7 Å². The van der Waals surface area contributed by atoms with Gasteiger partial charge in [0.1, 0.15) is 5.75 Å². The molecular formula is C26H20N2O3S2. The quantitative estimate of drug-likeness (QED) is 0.380. The molecule has 0 unspecified atom stereocenters. The Morgan fingerprint density at radius 1 is 0.879 bits per heavy atom. The van der Waals surface area contributed by atoms with E-state index < -0.39 is 0 Å². The van der Waals surface area contributed by atoms with Crippen molar-refractivity contribution in [3.63, 3.8) is 0 Å². The highest BCUT2D eigenvalue weighted by molar-refractivity contribution is 8.27. The Kier molecular flexibility index (Phi) is 5.52. The van der Waals surface area contributed by atoms with Crippen LogP contribution in [0.25, 0.3) is 5.57 Å². The minimum absolute atomic E-state index is 0.197. The largest absolute Gasteiger partial charge is 0.495 e. The van der Waals surface area contributed by atoms with Crippen LogP contribution in [0, 0.1) is 6.92 Å². The summed E-state index contributed by atoms with van der Waals surface area (Å²) < 4.78 is 5.80. The first-order chi connectivity index (χ1) is 16.0. The number of fused-ring (bicyclic) bond motifs is 1. The fraction of sp³-hybridized carbons (Fsp3) is 0.115. The van der Waals surface area contributed by atoms with E-state index in [4.69, 9.17) is 17.0 Å². The fourth-order valence-electron chi connectivity index (χ4n) is 4.07. The van der Waals surface area contributed by atoms with E-state index in [-0.39, 0.29) is 11.8 Å². The molecule has 0 radical (unpaired) electrons. The summed E-state index contributed by atoms with van der Waals surface area (Å²) in [6, 6.07) is 22.9. The van der Waals surface area contributed by atoms with Crippen molar-refractivity contribution in [2.45, 2.75) is 13.5 Å². The summed E-state index contributed by atoms with van der Waals surface area (Å²) in [6.45, 7) is 2.45. The number of benzene rings is 3. The lowest BCUT2D eigenvalue weighted by molar-refractivity contribution is -0.115. The number of hydrogen-bond donors (Lipinski definition) is 0. The van der Waals surface area contributed by atoms with Crippen LogP contribution in [0.5, 0.6) is 5.75 Å². The summed E-state index contributed by atoms with van der Waals surface area (Å²) in [6.07, 6.45) is 0. The van der Waals surface area contributed by atoms with Crippen molar-refractivity contribution in [2.75, 3.05) is 16.9 Å². The van der Waals surface area contributed by atoms with Crippen LogP contribution in [-0.4, -0.2) is 23.2 Å². The normalized spacial score (nSPS) is 17.7. The van der Waals surface area contributed by atoms with Crippen LogP contribution in [0.1, 0.15) is 16.7 Å². The van der Waals surface area contributed by atoms with Gasteiger partial charge in [-0.3, -0.25) is 14.5 Å². The molecule has 2 heterocycles. The second-order valence-electron chi connectivity index (χ2n) is 7.78. The van der Waals surface area contributed by atoms with Gasteiger partial charge in [-0.1, -0.05) is 84.1 Å². The lowest BCUT2D eigenvalue weighted by Gasteiger charge is -2.18. The van der Waals surface area contributed by atoms with E-state index >= 15 is 0 Å². The predicted molar refractivity (Wildman–Crippen MR) is 136 cm³/mol. The van der Waals surface area contributed by atoms with E-state index in [9.17, 15) is 9.59 Å². The van der Waals surface area contributed by atoms with Crippen LogP contribution in [0.2, 0.25) is 0 Å². The van der Waals surface area contributed by atoms with E-state index in [1.165, 1.54) is 4.90 Å². The molecule has 0 aromatic heterocycles. The number of thioether (sulfide) groups is 1. The molecule has 1 fully saturated rings. The number of anilines is 2. The molecule has 5 nitrogen and oxygen atoms in total. The maximum absolute atomic E-state index is 13.7. The molecule has 0 saturated carbocycles. The number of thiocarbonyl (C=S) groups is 1. The van der Waals surface area contributed by atoms with Crippen LogP contribution < -0.4 is 14.5 Å². The smallest absolute Gasteiger partial charge is 0.271 e. The minimum atomic E-state index is -0.315. The molecule has 3 aromatic rings. The monoisotopic (exact) mass is 472 g/mol. The first-order valence-electron chi connectivity index (χ1n) is 10.4. The number of carbonyl (C=O) groups excluding carboxylic acids is 2. The molecular weight excluding hydrogens is 452 g/mol. The van der Waals surface area contributed by atoms with Gasteiger partial charge in [0.05, 0.1) is 35.5 Å². The second-order valence-corrected chi connectivity index (χ2v) is 9.42. The zero-order chi connectivity index (χ0) is 23.1.